The maximum atomic E-state index is 12.8. The molecule has 2 saturated heterocycles. The Labute approximate surface area is 163 Å². The van der Waals surface area contributed by atoms with Crippen molar-refractivity contribution in [1.82, 2.24) is 10.2 Å². The lowest BCUT2D eigenvalue weighted by Gasteiger charge is -2.27. The Kier molecular flexibility index (Phi) is 4.31. The van der Waals surface area contributed by atoms with E-state index in [1.807, 2.05) is 54.6 Å². The number of ether oxygens (including phenoxy) is 1. The lowest BCUT2D eigenvalue weighted by atomic mass is 9.80. The van der Waals surface area contributed by atoms with Gasteiger partial charge < -0.3 is 4.74 Å². The van der Waals surface area contributed by atoms with Crippen molar-refractivity contribution in [2.45, 2.75) is 18.5 Å². The third kappa shape index (κ3) is 2.56. The third-order valence-electron chi connectivity index (χ3n) is 5.99. The molecule has 0 radical (unpaired) electrons. The van der Waals surface area contributed by atoms with Crippen LogP contribution in [0, 0.1) is 11.8 Å². The minimum atomic E-state index is -1.25. The normalized spacial score (nSPS) is 29.1. The first-order valence-electron chi connectivity index (χ1n) is 9.21. The quantitative estimate of drug-likeness (QED) is 0.654. The van der Waals surface area contributed by atoms with Crippen LogP contribution in [0.25, 0.3) is 11.1 Å². The van der Waals surface area contributed by atoms with E-state index in [4.69, 9.17) is 4.74 Å². The summed E-state index contributed by atoms with van der Waals surface area (Å²) in [6, 6.07) is 17.4. The molecule has 2 heterocycles. The van der Waals surface area contributed by atoms with Crippen molar-refractivity contribution in [3.8, 4) is 11.1 Å². The highest BCUT2D eigenvalue weighted by molar-refractivity contribution is 6.09. The number of hydrogen-bond acceptors (Lipinski definition) is 5. The SMILES string of the molecule is COC(=O)[C@]1(C)N[C@H](c2ccc(-c3ccccc3)cc2)[C@@H]2C(=O)N(C)C(=O)[C@@H]21. The van der Waals surface area contributed by atoms with Gasteiger partial charge in [0.05, 0.1) is 18.9 Å². The molecule has 4 atom stereocenters. The van der Waals surface area contributed by atoms with E-state index in [0.717, 1.165) is 21.6 Å². The van der Waals surface area contributed by atoms with E-state index in [0.29, 0.717) is 0 Å². The van der Waals surface area contributed by atoms with Gasteiger partial charge in [0.15, 0.2) is 0 Å². The number of carbonyl (C=O) groups is 3. The van der Waals surface area contributed by atoms with E-state index in [2.05, 4.69) is 5.32 Å². The van der Waals surface area contributed by atoms with E-state index in [9.17, 15) is 14.4 Å². The summed E-state index contributed by atoms with van der Waals surface area (Å²) in [5.74, 6) is -2.58. The van der Waals surface area contributed by atoms with Crippen LogP contribution in [0.1, 0.15) is 18.5 Å². The molecule has 0 aromatic heterocycles. The Hall–Kier alpha value is -2.99. The molecule has 0 unspecified atom stereocenters. The molecule has 0 spiro atoms. The fourth-order valence-electron chi connectivity index (χ4n) is 4.48. The highest BCUT2D eigenvalue weighted by atomic mass is 16.5. The van der Waals surface area contributed by atoms with Gasteiger partial charge in [-0.15, -0.1) is 0 Å². The van der Waals surface area contributed by atoms with Crippen LogP contribution in [0.4, 0.5) is 0 Å². The molecule has 6 heteroatoms. The first-order chi connectivity index (χ1) is 13.4. The van der Waals surface area contributed by atoms with Crippen LogP contribution < -0.4 is 5.32 Å². The van der Waals surface area contributed by atoms with Crippen molar-refractivity contribution >= 4 is 17.8 Å². The summed E-state index contributed by atoms with van der Waals surface area (Å²) in [6.07, 6.45) is 0. The van der Waals surface area contributed by atoms with E-state index in [1.165, 1.54) is 14.2 Å². The number of nitrogens with zero attached hydrogens (tertiary/aromatic N) is 1. The summed E-state index contributed by atoms with van der Waals surface area (Å²) >= 11 is 0. The van der Waals surface area contributed by atoms with Gasteiger partial charge >= 0.3 is 5.97 Å². The van der Waals surface area contributed by atoms with Crippen LogP contribution in [0.15, 0.2) is 54.6 Å². The van der Waals surface area contributed by atoms with E-state index >= 15 is 0 Å². The number of methoxy groups -OCH3 is 1. The maximum absolute atomic E-state index is 12.8. The average Bonchev–Trinajstić information content (AvgIpc) is 3.17. The molecule has 2 fully saturated rings. The van der Waals surface area contributed by atoms with Crippen molar-refractivity contribution < 1.29 is 19.1 Å². The Balaban J connectivity index is 1.72. The monoisotopic (exact) mass is 378 g/mol. The molecule has 28 heavy (non-hydrogen) atoms. The molecule has 4 rings (SSSR count). The largest absolute Gasteiger partial charge is 0.468 e. The van der Waals surface area contributed by atoms with E-state index < -0.39 is 29.4 Å². The number of esters is 1. The number of hydrogen-bond donors (Lipinski definition) is 1. The van der Waals surface area contributed by atoms with Gasteiger partial charge in [-0.05, 0) is 23.6 Å². The Bertz CT molecular complexity index is 941. The molecule has 144 valence electrons. The zero-order valence-corrected chi connectivity index (χ0v) is 16.0. The molecular weight excluding hydrogens is 356 g/mol. The number of amides is 2. The molecule has 0 saturated carbocycles. The second-order valence-corrected chi connectivity index (χ2v) is 7.54. The molecule has 0 aliphatic carbocycles. The van der Waals surface area contributed by atoms with Crippen LogP contribution in [0.2, 0.25) is 0 Å². The minimum absolute atomic E-state index is 0.271. The van der Waals surface area contributed by atoms with Crippen LogP contribution in [-0.2, 0) is 19.1 Å². The molecule has 2 aromatic carbocycles. The van der Waals surface area contributed by atoms with Crippen molar-refractivity contribution in [3.05, 3.63) is 60.2 Å². The topological polar surface area (TPSA) is 75.7 Å². The van der Waals surface area contributed by atoms with Gasteiger partial charge in [0, 0.05) is 13.1 Å². The number of likely N-dealkylation sites (tertiary alicyclic amines) is 1. The molecule has 2 aliphatic rings. The summed E-state index contributed by atoms with van der Waals surface area (Å²) < 4.78 is 4.94. The fourth-order valence-corrected chi connectivity index (χ4v) is 4.48. The third-order valence-corrected chi connectivity index (χ3v) is 5.99. The number of imide groups is 1. The smallest absolute Gasteiger partial charge is 0.326 e. The molecule has 1 N–H and O–H groups in total. The van der Waals surface area contributed by atoms with Gasteiger partial charge in [-0.3, -0.25) is 24.6 Å². The highest BCUT2D eigenvalue weighted by Gasteiger charge is 2.66. The van der Waals surface area contributed by atoms with Crippen molar-refractivity contribution in [1.29, 1.82) is 0 Å². The average molecular weight is 378 g/mol. The van der Waals surface area contributed by atoms with Crippen LogP contribution in [0.3, 0.4) is 0 Å². The summed E-state index contributed by atoms with van der Waals surface area (Å²) in [5, 5.41) is 3.23. The summed E-state index contributed by atoms with van der Waals surface area (Å²) in [5.41, 5.74) is 1.76. The maximum Gasteiger partial charge on any atom is 0.326 e. The van der Waals surface area contributed by atoms with Gasteiger partial charge in [0.2, 0.25) is 11.8 Å². The van der Waals surface area contributed by atoms with Crippen molar-refractivity contribution in [2.24, 2.45) is 11.8 Å². The Morgan fingerprint density at radius 3 is 2.21 bits per heavy atom. The fraction of sp³-hybridized carbons (Fsp3) is 0.318. The number of fused-ring (bicyclic) bond motifs is 1. The molecular formula is C22H22N2O4. The molecule has 0 bridgehead atoms. The summed E-state index contributed by atoms with van der Waals surface area (Å²) in [7, 11) is 2.76. The second kappa shape index (κ2) is 6.56. The van der Waals surface area contributed by atoms with Crippen LogP contribution in [0.5, 0.6) is 0 Å². The predicted octanol–water partition coefficient (Wildman–Crippen LogP) is 2.16. The predicted molar refractivity (Wildman–Crippen MR) is 103 cm³/mol. The minimum Gasteiger partial charge on any atom is -0.468 e. The molecule has 2 aromatic rings. The highest BCUT2D eigenvalue weighted by Crippen LogP contribution is 2.48. The van der Waals surface area contributed by atoms with Gasteiger partial charge in [-0.25, -0.2) is 0 Å². The van der Waals surface area contributed by atoms with Crippen LogP contribution in [-0.4, -0.2) is 42.4 Å². The van der Waals surface area contributed by atoms with E-state index in [1.54, 1.807) is 6.92 Å². The molecule has 2 amide bonds. The summed E-state index contributed by atoms with van der Waals surface area (Å²) in [6.45, 7) is 1.64. The first kappa shape index (κ1) is 18.4. The zero-order chi connectivity index (χ0) is 20.1. The lowest BCUT2D eigenvalue weighted by Crippen LogP contribution is -2.53. The number of nitrogens with one attached hydrogen (secondary N) is 1. The standard InChI is InChI=1S/C22H22N2O4/c1-22(21(27)28-3)17-16(19(25)24(2)20(17)26)18(23-22)15-11-9-14(10-12-15)13-7-5-4-6-8-13/h4-12,16-18,23H,1-3H3/t16-,17-,18-,22-/m1/s1. The molecule has 6 nitrogen and oxygen atoms in total. The van der Waals surface area contributed by atoms with Crippen molar-refractivity contribution in [2.75, 3.05) is 14.2 Å². The van der Waals surface area contributed by atoms with Gasteiger partial charge in [0.25, 0.3) is 0 Å². The number of rotatable bonds is 3. The van der Waals surface area contributed by atoms with Crippen LogP contribution >= 0.6 is 0 Å². The van der Waals surface area contributed by atoms with Gasteiger partial charge in [-0.1, -0.05) is 54.6 Å². The first-order valence-corrected chi connectivity index (χ1v) is 9.21. The second-order valence-electron chi connectivity index (χ2n) is 7.54. The van der Waals surface area contributed by atoms with E-state index in [-0.39, 0.29) is 11.8 Å². The van der Waals surface area contributed by atoms with Gasteiger partial charge in [-0.2, -0.15) is 0 Å². The summed E-state index contributed by atoms with van der Waals surface area (Å²) in [4.78, 5) is 39.1. The zero-order valence-electron chi connectivity index (χ0n) is 16.0. The number of benzene rings is 2. The Morgan fingerprint density at radius 1 is 1.00 bits per heavy atom. The number of carbonyl (C=O) groups excluding carboxylic acids is 3. The van der Waals surface area contributed by atoms with Gasteiger partial charge in [0.1, 0.15) is 5.54 Å². The lowest BCUT2D eigenvalue weighted by molar-refractivity contribution is -0.152. The molecule has 2 aliphatic heterocycles. The van der Waals surface area contributed by atoms with Crippen molar-refractivity contribution in [3.63, 3.8) is 0 Å². The Morgan fingerprint density at radius 2 is 1.61 bits per heavy atom.